The van der Waals surface area contributed by atoms with Gasteiger partial charge in [0.05, 0.1) is 13.2 Å². The highest BCUT2D eigenvalue weighted by atomic mass is 16.6. The maximum absolute atomic E-state index is 11.6. The zero-order valence-electron chi connectivity index (χ0n) is 10.9. The lowest BCUT2D eigenvalue weighted by atomic mass is 10.1. The van der Waals surface area contributed by atoms with Gasteiger partial charge in [0.15, 0.2) is 0 Å². The van der Waals surface area contributed by atoms with Gasteiger partial charge in [-0.1, -0.05) is 0 Å². The summed E-state index contributed by atoms with van der Waals surface area (Å²) in [7, 11) is 0. The zero-order valence-corrected chi connectivity index (χ0v) is 10.9. The Bertz CT molecular complexity index is 263. The first-order valence-corrected chi connectivity index (χ1v) is 6.39. The number of nitrogens with zero attached hydrogens (tertiary/aromatic N) is 1. The van der Waals surface area contributed by atoms with E-state index < -0.39 is 5.97 Å². The summed E-state index contributed by atoms with van der Waals surface area (Å²) in [6, 6.07) is 0. The van der Waals surface area contributed by atoms with Gasteiger partial charge in [-0.15, -0.1) is 0 Å². The summed E-state index contributed by atoms with van der Waals surface area (Å²) < 4.78 is 14.7. The number of piperidine rings is 1. The highest BCUT2D eigenvalue weighted by molar-refractivity contribution is 5.70. The van der Waals surface area contributed by atoms with Crippen LogP contribution in [0.1, 0.15) is 26.2 Å². The monoisotopic (exact) mass is 259 g/mol. The number of amides is 1. The summed E-state index contributed by atoms with van der Waals surface area (Å²) in [5, 5.41) is 0. The molecule has 0 atom stereocenters. The Balaban J connectivity index is 2.00. The lowest BCUT2D eigenvalue weighted by Crippen LogP contribution is -2.36. The summed E-state index contributed by atoms with van der Waals surface area (Å²) in [6.07, 6.45) is 2.95. The first-order valence-electron chi connectivity index (χ1n) is 6.39. The molecule has 0 spiro atoms. The van der Waals surface area contributed by atoms with Crippen molar-refractivity contribution in [3.63, 3.8) is 0 Å². The number of likely N-dealkylation sites (tertiary alicyclic amines) is 1. The third-order valence-electron chi connectivity index (χ3n) is 2.59. The fraction of sp³-hybridized carbons (Fsp3) is 0.833. The molecule has 1 aliphatic rings. The standard InChI is InChI=1S/C12H21NO5/c1-2-17-11(14)10-16-8-9-18-12(15)13-6-4-3-5-7-13/h2-10H2,1H3. The van der Waals surface area contributed by atoms with Crippen LogP contribution < -0.4 is 0 Å². The van der Waals surface area contributed by atoms with Crippen LogP contribution in [0.25, 0.3) is 0 Å². The van der Waals surface area contributed by atoms with Crippen molar-refractivity contribution in [1.29, 1.82) is 0 Å². The van der Waals surface area contributed by atoms with E-state index in [9.17, 15) is 9.59 Å². The van der Waals surface area contributed by atoms with E-state index in [1.165, 1.54) is 6.42 Å². The molecule has 0 aliphatic carbocycles. The van der Waals surface area contributed by atoms with Gasteiger partial charge in [-0.2, -0.15) is 0 Å². The first-order chi connectivity index (χ1) is 8.74. The number of esters is 1. The Labute approximate surface area is 107 Å². The number of rotatable bonds is 6. The molecule has 0 unspecified atom stereocenters. The van der Waals surface area contributed by atoms with Crippen LogP contribution in [-0.4, -0.2) is 56.5 Å². The lowest BCUT2D eigenvalue weighted by Gasteiger charge is -2.25. The molecule has 0 aromatic carbocycles. The van der Waals surface area contributed by atoms with Gasteiger partial charge >= 0.3 is 12.1 Å². The van der Waals surface area contributed by atoms with Gasteiger partial charge in [-0.05, 0) is 26.2 Å². The van der Waals surface area contributed by atoms with Gasteiger partial charge in [0, 0.05) is 13.1 Å². The molecule has 0 aromatic rings. The van der Waals surface area contributed by atoms with Crippen LogP contribution in [-0.2, 0) is 19.0 Å². The SMILES string of the molecule is CCOC(=O)COCCOC(=O)N1CCCCC1. The fourth-order valence-corrected chi connectivity index (χ4v) is 1.71. The maximum atomic E-state index is 11.6. The molecule has 18 heavy (non-hydrogen) atoms. The predicted octanol–water partition coefficient (Wildman–Crippen LogP) is 1.19. The molecule has 0 aromatic heterocycles. The van der Waals surface area contributed by atoms with Crippen LogP contribution in [0.3, 0.4) is 0 Å². The lowest BCUT2D eigenvalue weighted by molar-refractivity contribution is -0.148. The van der Waals surface area contributed by atoms with Crippen molar-refractivity contribution in [3.05, 3.63) is 0 Å². The van der Waals surface area contributed by atoms with Crippen LogP contribution in [0.4, 0.5) is 4.79 Å². The summed E-state index contributed by atoms with van der Waals surface area (Å²) in [4.78, 5) is 24.2. The van der Waals surface area contributed by atoms with Crippen molar-refractivity contribution < 1.29 is 23.8 Å². The summed E-state index contributed by atoms with van der Waals surface area (Å²) in [5.74, 6) is -0.403. The van der Waals surface area contributed by atoms with Gasteiger partial charge < -0.3 is 19.1 Å². The van der Waals surface area contributed by atoms with Crippen molar-refractivity contribution in [2.75, 3.05) is 39.5 Å². The van der Waals surface area contributed by atoms with Crippen LogP contribution >= 0.6 is 0 Å². The molecule has 0 N–H and O–H groups in total. The van der Waals surface area contributed by atoms with Crippen LogP contribution in [0.5, 0.6) is 0 Å². The molecule has 1 saturated heterocycles. The predicted molar refractivity (Wildman–Crippen MR) is 64.2 cm³/mol. The minimum absolute atomic E-state index is 0.102. The Morgan fingerprint density at radius 3 is 2.44 bits per heavy atom. The first kappa shape index (κ1) is 14.8. The molecule has 6 nitrogen and oxygen atoms in total. The van der Waals surface area contributed by atoms with E-state index in [1.54, 1.807) is 11.8 Å². The van der Waals surface area contributed by atoms with E-state index in [2.05, 4.69) is 4.74 Å². The Hall–Kier alpha value is -1.30. The second-order valence-electron chi connectivity index (χ2n) is 4.02. The molecular weight excluding hydrogens is 238 g/mol. The van der Waals surface area contributed by atoms with E-state index in [4.69, 9.17) is 9.47 Å². The molecule has 6 heteroatoms. The molecule has 104 valence electrons. The van der Waals surface area contributed by atoms with Crippen molar-refractivity contribution in [2.45, 2.75) is 26.2 Å². The van der Waals surface area contributed by atoms with Gasteiger partial charge in [0.25, 0.3) is 0 Å². The molecule has 1 amide bonds. The molecule has 0 radical (unpaired) electrons. The number of hydrogen-bond donors (Lipinski definition) is 0. The molecule has 0 saturated carbocycles. The number of carbonyl (C=O) groups is 2. The van der Waals surface area contributed by atoms with Gasteiger partial charge in [0.2, 0.25) is 0 Å². The van der Waals surface area contributed by atoms with Crippen molar-refractivity contribution in [1.82, 2.24) is 4.90 Å². The van der Waals surface area contributed by atoms with E-state index in [1.807, 2.05) is 0 Å². The van der Waals surface area contributed by atoms with E-state index in [0.29, 0.717) is 6.61 Å². The van der Waals surface area contributed by atoms with Gasteiger partial charge in [-0.25, -0.2) is 9.59 Å². The highest BCUT2D eigenvalue weighted by Gasteiger charge is 2.17. The second-order valence-corrected chi connectivity index (χ2v) is 4.02. The minimum Gasteiger partial charge on any atom is -0.464 e. The summed E-state index contributed by atoms with van der Waals surface area (Å²) >= 11 is 0. The zero-order chi connectivity index (χ0) is 13.2. The van der Waals surface area contributed by atoms with Crippen LogP contribution in [0, 0.1) is 0 Å². The van der Waals surface area contributed by atoms with E-state index in [0.717, 1.165) is 25.9 Å². The molecular formula is C12H21NO5. The average Bonchev–Trinajstić information content (AvgIpc) is 2.39. The van der Waals surface area contributed by atoms with Crippen molar-refractivity contribution >= 4 is 12.1 Å². The van der Waals surface area contributed by atoms with Crippen molar-refractivity contribution in [3.8, 4) is 0 Å². The van der Waals surface area contributed by atoms with Crippen LogP contribution in [0.2, 0.25) is 0 Å². The van der Waals surface area contributed by atoms with E-state index >= 15 is 0 Å². The van der Waals surface area contributed by atoms with Gasteiger partial charge in [0.1, 0.15) is 13.2 Å². The molecule has 1 aliphatic heterocycles. The minimum atomic E-state index is -0.403. The number of hydrogen-bond acceptors (Lipinski definition) is 5. The molecule has 1 heterocycles. The molecule has 1 rings (SSSR count). The molecule has 0 bridgehead atoms. The summed E-state index contributed by atoms with van der Waals surface area (Å²) in [6.45, 7) is 3.87. The number of ether oxygens (including phenoxy) is 3. The average molecular weight is 259 g/mol. The second kappa shape index (κ2) is 8.74. The normalized spacial score (nSPS) is 15.3. The topological polar surface area (TPSA) is 65.1 Å². The van der Waals surface area contributed by atoms with Gasteiger partial charge in [-0.3, -0.25) is 0 Å². The Morgan fingerprint density at radius 1 is 1.06 bits per heavy atom. The Morgan fingerprint density at radius 2 is 1.78 bits per heavy atom. The smallest absolute Gasteiger partial charge is 0.409 e. The Kier molecular flexibility index (Phi) is 7.17. The fourth-order valence-electron chi connectivity index (χ4n) is 1.71. The highest BCUT2D eigenvalue weighted by Crippen LogP contribution is 2.09. The summed E-state index contributed by atoms with van der Waals surface area (Å²) in [5.41, 5.74) is 0. The third-order valence-corrected chi connectivity index (χ3v) is 2.59. The van der Waals surface area contributed by atoms with E-state index in [-0.39, 0.29) is 25.9 Å². The maximum Gasteiger partial charge on any atom is 0.409 e. The van der Waals surface area contributed by atoms with Crippen molar-refractivity contribution in [2.24, 2.45) is 0 Å². The third kappa shape index (κ3) is 5.86. The number of carbonyl (C=O) groups excluding carboxylic acids is 2. The van der Waals surface area contributed by atoms with Crippen LogP contribution in [0.15, 0.2) is 0 Å². The quantitative estimate of drug-likeness (QED) is 0.529. The molecule has 1 fully saturated rings. The largest absolute Gasteiger partial charge is 0.464 e.